The van der Waals surface area contributed by atoms with Gasteiger partial charge in [-0.3, -0.25) is 0 Å². The van der Waals surface area contributed by atoms with E-state index in [1.54, 1.807) is 0 Å². The summed E-state index contributed by atoms with van der Waals surface area (Å²) < 4.78 is 0. The topological polar surface area (TPSA) is 0 Å². The minimum atomic E-state index is 0.614. The number of thiol groups is 1. The number of aryl methyl sites for hydroxylation is 2. The van der Waals surface area contributed by atoms with Crippen molar-refractivity contribution in [2.75, 3.05) is 5.75 Å². The molecule has 1 heteroatoms. The molecule has 0 radical (unpaired) electrons. The maximum atomic E-state index is 4.12. The van der Waals surface area contributed by atoms with Crippen LogP contribution in [-0.4, -0.2) is 5.75 Å². The summed E-state index contributed by atoms with van der Waals surface area (Å²) in [5, 5.41) is 2.75. The van der Waals surface area contributed by atoms with Crippen LogP contribution in [0.2, 0.25) is 0 Å². The lowest BCUT2D eigenvalue weighted by atomic mass is 10.0. The summed E-state index contributed by atoms with van der Waals surface area (Å²) in [4.78, 5) is 0. The molecule has 0 spiro atoms. The van der Waals surface area contributed by atoms with Crippen LogP contribution in [0.5, 0.6) is 0 Å². The normalized spacial score (nSPS) is 12.6. The Hall–Kier alpha value is -1.39. The van der Waals surface area contributed by atoms with Crippen molar-refractivity contribution < 1.29 is 0 Å². The second-order valence-corrected chi connectivity index (χ2v) is 4.39. The van der Waals surface area contributed by atoms with Crippen LogP contribution in [0.3, 0.4) is 0 Å². The average molecular weight is 224 g/mol. The van der Waals surface area contributed by atoms with Gasteiger partial charge in [0, 0.05) is 5.56 Å². The summed E-state index contributed by atoms with van der Waals surface area (Å²) in [5.41, 5.74) is 4.08. The lowest BCUT2D eigenvalue weighted by Crippen LogP contribution is -1.83. The summed E-state index contributed by atoms with van der Waals surface area (Å²) in [6, 6.07) is 10.9. The van der Waals surface area contributed by atoms with Crippen molar-refractivity contribution in [3.05, 3.63) is 47.0 Å². The highest BCUT2D eigenvalue weighted by molar-refractivity contribution is 7.80. The minimum Gasteiger partial charge on any atom is -0.166 e. The molecule has 0 N–H and O–H groups in total. The van der Waals surface area contributed by atoms with Crippen LogP contribution in [0.1, 0.15) is 16.7 Å². The fraction of sp³-hybridized carbons (Fsp3) is 0.200. The van der Waals surface area contributed by atoms with Crippen molar-refractivity contribution >= 4 is 23.4 Å². The van der Waals surface area contributed by atoms with E-state index >= 15 is 0 Å². The van der Waals surface area contributed by atoms with E-state index in [2.05, 4.69) is 54.8 Å². The molecular weight excluding hydrogens is 212 g/mol. The van der Waals surface area contributed by atoms with Gasteiger partial charge >= 0.3 is 0 Å². The van der Waals surface area contributed by atoms with E-state index in [0.29, 0.717) is 5.75 Å². The van der Waals surface area contributed by atoms with Crippen molar-refractivity contribution in [2.45, 2.75) is 12.8 Å². The first kappa shape index (κ1) is 9.81. The van der Waals surface area contributed by atoms with E-state index < -0.39 is 0 Å². The molecule has 1 aliphatic rings. The smallest absolute Gasteiger partial charge is 0.0521 e. The molecule has 0 bridgehead atoms. The summed E-state index contributed by atoms with van der Waals surface area (Å²) in [6.07, 6.45) is 2.35. The van der Waals surface area contributed by atoms with Crippen molar-refractivity contribution in [1.29, 1.82) is 0 Å². The van der Waals surface area contributed by atoms with Crippen molar-refractivity contribution in [3.63, 3.8) is 0 Å². The first-order chi connectivity index (χ1) is 7.90. The van der Waals surface area contributed by atoms with Gasteiger partial charge in [0.05, 0.1) is 5.75 Å². The summed E-state index contributed by atoms with van der Waals surface area (Å²) in [5.74, 6) is 6.84. The van der Waals surface area contributed by atoms with Crippen LogP contribution in [0, 0.1) is 11.8 Å². The molecule has 0 aromatic heterocycles. The summed E-state index contributed by atoms with van der Waals surface area (Å²) >= 11 is 4.12. The second kappa shape index (κ2) is 3.88. The molecule has 78 valence electrons. The number of hydrogen-bond donors (Lipinski definition) is 1. The van der Waals surface area contributed by atoms with Gasteiger partial charge in [-0.2, -0.15) is 12.6 Å². The Morgan fingerprint density at radius 2 is 1.88 bits per heavy atom. The van der Waals surface area contributed by atoms with Crippen molar-refractivity contribution in [1.82, 2.24) is 0 Å². The van der Waals surface area contributed by atoms with Crippen LogP contribution in [-0.2, 0) is 12.8 Å². The highest BCUT2D eigenvalue weighted by Gasteiger charge is 2.14. The van der Waals surface area contributed by atoms with Gasteiger partial charge in [0.1, 0.15) is 0 Å². The third-order valence-corrected chi connectivity index (χ3v) is 3.34. The van der Waals surface area contributed by atoms with Gasteiger partial charge < -0.3 is 0 Å². The molecule has 1 aliphatic carbocycles. The lowest BCUT2D eigenvalue weighted by Gasteiger charge is -2.03. The van der Waals surface area contributed by atoms with Crippen LogP contribution >= 0.6 is 12.6 Å². The third-order valence-electron chi connectivity index (χ3n) is 3.18. The Morgan fingerprint density at radius 3 is 2.69 bits per heavy atom. The van der Waals surface area contributed by atoms with E-state index in [1.165, 1.54) is 34.7 Å². The Kier molecular flexibility index (Phi) is 2.38. The number of rotatable bonds is 0. The molecule has 2 aromatic rings. The predicted octanol–water partition coefficient (Wildman–Crippen LogP) is 3.22. The molecule has 2 aromatic carbocycles. The lowest BCUT2D eigenvalue weighted by molar-refractivity contribution is 1.02. The van der Waals surface area contributed by atoms with Gasteiger partial charge in [0.2, 0.25) is 0 Å². The zero-order valence-electron chi connectivity index (χ0n) is 8.96. The largest absolute Gasteiger partial charge is 0.166 e. The molecule has 0 amide bonds. The van der Waals surface area contributed by atoms with Gasteiger partial charge in [0.15, 0.2) is 0 Å². The monoisotopic (exact) mass is 224 g/mol. The molecule has 0 saturated heterocycles. The molecule has 0 unspecified atom stereocenters. The first-order valence-electron chi connectivity index (χ1n) is 5.53. The third kappa shape index (κ3) is 1.42. The van der Waals surface area contributed by atoms with Gasteiger partial charge in [-0.25, -0.2) is 0 Å². The van der Waals surface area contributed by atoms with Gasteiger partial charge in [0.25, 0.3) is 0 Å². The van der Waals surface area contributed by atoms with Crippen molar-refractivity contribution in [3.8, 4) is 11.8 Å². The fourth-order valence-electron chi connectivity index (χ4n) is 2.49. The highest BCUT2D eigenvalue weighted by Crippen LogP contribution is 2.32. The molecule has 3 rings (SSSR count). The SMILES string of the molecule is SCC#Cc1ccc2c3c(cccc13)CC2. The Morgan fingerprint density at radius 1 is 1.06 bits per heavy atom. The zero-order chi connectivity index (χ0) is 11.0. The Balaban J connectivity index is 2.34. The molecule has 0 nitrogen and oxygen atoms in total. The Labute approximate surface area is 101 Å². The zero-order valence-corrected chi connectivity index (χ0v) is 9.85. The maximum absolute atomic E-state index is 4.12. The van der Waals surface area contributed by atoms with E-state index in [4.69, 9.17) is 0 Å². The molecule has 0 heterocycles. The van der Waals surface area contributed by atoms with Crippen LogP contribution in [0.4, 0.5) is 0 Å². The van der Waals surface area contributed by atoms with E-state index in [1.807, 2.05) is 0 Å². The van der Waals surface area contributed by atoms with Gasteiger partial charge in [-0.05, 0) is 40.8 Å². The molecule has 0 fully saturated rings. The average Bonchev–Trinajstić information content (AvgIpc) is 2.74. The van der Waals surface area contributed by atoms with Crippen molar-refractivity contribution in [2.24, 2.45) is 0 Å². The summed E-state index contributed by atoms with van der Waals surface area (Å²) in [6.45, 7) is 0. The van der Waals surface area contributed by atoms with Crippen LogP contribution < -0.4 is 0 Å². The van der Waals surface area contributed by atoms with E-state index in [-0.39, 0.29) is 0 Å². The highest BCUT2D eigenvalue weighted by atomic mass is 32.1. The molecule has 16 heavy (non-hydrogen) atoms. The van der Waals surface area contributed by atoms with Crippen LogP contribution in [0.15, 0.2) is 30.3 Å². The molecule has 0 saturated carbocycles. The second-order valence-electron chi connectivity index (χ2n) is 4.07. The van der Waals surface area contributed by atoms with Gasteiger partial charge in [-0.15, -0.1) is 0 Å². The van der Waals surface area contributed by atoms with Gasteiger partial charge in [-0.1, -0.05) is 36.1 Å². The number of benzene rings is 2. The Bertz CT molecular complexity index is 604. The fourth-order valence-corrected chi connectivity index (χ4v) is 2.57. The van der Waals surface area contributed by atoms with E-state index in [9.17, 15) is 0 Å². The first-order valence-corrected chi connectivity index (χ1v) is 6.16. The molecule has 0 aliphatic heterocycles. The quantitative estimate of drug-likeness (QED) is 0.515. The molecular formula is C15H12S. The minimum absolute atomic E-state index is 0.614. The van der Waals surface area contributed by atoms with E-state index in [0.717, 1.165) is 5.56 Å². The predicted molar refractivity (Wildman–Crippen MR) is 72.1 cm³/mol. The molecule has 0 atom stereocenters. The maximum Gasteiger partial charge on any atom is 0.0521 e. The standard InChI is InChI=1S/C15H12S/c16-10-2-4-11-6-7-13-9-8-12-3-1-5-14(11)15(12)13/h1,3,5-7,16H,8-10H2. The number of hydrogen-bond acceptors (Lipinski definition) is 1. The summed E-state index contributed by atoms with van der Waals surface area (Å²) in [7, 11) is 0. The van der Waals surface area contributed by atoms with Crippen LogP contribution in [0.25, 0.3) is 10.8 Å².